The number of rotatable bonds is 9. The van der Waals surface area contributed by atoms with Gasteiger partial charge in [-0.25, -0.2) is 0 Å². The number of likely N-dealkylation sites (N-methyl/N-ethyl adjacent to an activating group) is 1. The van der Waals surface area contributed by atoms with Crippen LogP contribution in [0, 0.1) is 0 Å². The zero-order valence-corrected chi connectivity index (χ0v) is 16.1. The third kappa shape index (κ3) is 6.33. The number of piperazine rings is 1. The Morgan fingerprint density at radius 3 is 2.44 bits per heavy atom. The molecule has 1 heterocycles. The van der Waals surface area contributed by atoms with Crippen LogP contribution in [0.4, 0.5) is 5.69 Å². The van der Waals surface area contributed by atoms with Crippen LogP contribution in [-0.4, -0.2) is 75.1 Å². The molecule has 1 aromatic rings. The molecular weight excluding hydrogens is 312 g/mol. The Bertz CT molecular complexity index is 498. The van der Waals surface area contributed by atoms with E-state index in [0.29, 0.717) is 0 Å². The van der Waals surface area contributed by atoms with Gasteiger partial charge in [0.15, 0.2) is 0 Å². The van der Waals surface area contributed by atoms with E-state index < -0.39 is 0 Å². The number of benzene rings is 1. The molecule has 0 aliphatic carbocycles. The van der Waals surface area contributed by atoms with Crippen LogP contribution < -0.4 is 10.2 Å². The highest BCUT2D eigenvalue weighted by Crippen LogP contribution is 2.15. The smallest absolute Gasteiger partial charge is 0.237 e. The highest BCUT2D eigenvalue weighted by atomic mass is 16.2. The second-order valence-corrected chi connectivity index (χ2v) is 7.08. The van der Waals surface area contributed by atoms with Crippen LogP contribution in [0.2, 0.25) is 0 Å². The van der Waals surface area contributed by atoms with E-state index in [1.165, 1.54) is 5.69 Å². The fraction of sp³-hybridized carbons (Fsp3) is 0.650. The molecule has 1 atom stereocenters. The fourth-order valence-electron chi connectivity index (χ4n) is 3.40. The summed E-state index contributed by atoms with van der Waals surface area (Å²) in [5.41, 5.74) is 1.32. The molecule has 1 amide bonds. The predicted octanol–water partition coefficient (Wildman–Crippen LogP) is 2.05. The number of hydrogen-bond acceptors (Lipinski definition) is 4. The van der Waals surface area contributed by atoms with Crippen molar-refractivity contribution in [2.24, 2.45) is 0 Å². The molecule has 1 aliphatic heterocycles. The second-order valence-electron chi connectivity index (χ2n) is 7.08. The van der Waals surface area contributed by atoms with E-state index in [2.05, 4.69) is 52.4 Å². The van der Waals surface area contributed by atoms with Gasteiger partial charge in [-0.1, -0.05) is 31.5 Å². The third-order valence-corrected chi connectivity index (χ3v) is 4.93. The van der Waals surface area contributed by atoms with Crippen molar-refractivity contribution < 1.29 is 4.79 Å². The number of carbonyl (C=O) groups is 1. The standard InChI is InChI=1S/C20H34N4O/c1-4-9-19(22(2)3)20(25)21-12-8-13-23-14-16-24(17-15-23)18-10-6-5-7-11-18/h5-7,10-11,19H,4,8-9,12-17H2,1-3H3,(H,21,25)/t19-/m1/s1. The summed E-state index contributed by atoms with van der Waals surface area (Å²) in [7, 11) is 3.96. The summed E-state index contributed by atoms with van der Waals surface area (Å²) >= 11 is 0. The van der Waals surface area contributed by atoms with Crippen molar-refractivity contribution in [3.05, 3.63) is 30.3 Å². The highest BCUT2D eigenvalue weighted by Gasteiger charge is 2.19. The number of para-hydroxylation sites is 1. The maximum absolute atomic E-state index is 12.3. The maximum Gasteiger partial charge on any atom is 0.237 e. The number of nitrogens with zero attached hydrogens (tertiary/aromatic N) is 3. The molecule has 1 aromatic carbocycles. The molecule has 0 saturated carbocycles. The van der Waals surface area contributed by atoms with Crippen LogP contribution in [0.15, 0.2) is 30.3 Å². The van der Waals surface area contributed by atoms with Crippen LogP contribution in [0.5, 0.6) is 0 Å². The van der Waals surface area contributed by atoms with Crippen LogP contribution in [-0.2, 0) is 4.79 Å². The molecule has 1 aliphatic rings. The molecule has 5 heteroatoms. The molecule has 1 saturated heterocycles. The first-order chi connectivity index (χ1) is 12.1. The van der Waals surface area contributed by atoms with E-state index in [1.54, 1.807) is 0 Å². The molecule has 5 nitrogen and oxygen atoms in total. The van der Waals surface area contributed by atoms with Gasteiger partial charge in [0.05, 0.1) is 6.04 Å². The molecule has 0 bridgehead atoms. The zero-order valence-electron chi connectivity index (χ0n) is 16.1. The Kier molecular flexibility index (Phi) is 8.22. The Labute approximate surface area is 153 Å². The van der Waals surface area contributed by atoms with Crippen LogP contribution in [0.3, 0.4) is 0 Å². The highest BCUT2D eigenvalue weighted by molar-refractivity contribution is 5.81. The largest absolute Gasteiger partial charge is 0.369 e. The first-order valence-corrected chi connectivity index (χ1v) is 9.58. The number of hydrogen-bond donors (Lipinski definition) is 1. The minimum Gasteiger partial charge on any atom is -0.369 e. The van der Waals surface area contributed by atoms with Crippen molar-refractivity contribution in [1.82, 2.24) is 15.1 Å². The van der Waals surface area contributed by atoms with Gasteiger partial charge >= 0.3 is 0 Å². The van der Waals surface area contributed by atoms with Gasteiger partial charge in [0, 0.05) is 38.4 Å². The zero-order chi connectivity index (χ0) is 18.1. The lowest BCUT2D eigenvalue weighted by Gasteiger charge is -2.36. The van der Waals surface area contributed by atoms with E-state index >= 15 is 0 Å². The molecule has 1 fully saturated rings. The van der Waals surface area contributed by atoms with Crippen LogP contribution in [0.25, 0.3) is 0 Å². The van der Waals surface area contributed by atoms with Crippen molar-refractivity contribution in [3.63, 3.8) is 0 Å². The van der Waals surface area contributed by atoms with Gasteiger partial charge in [0.2, 0.25) is 5.91 Å². The first kappa shape index (κ1) is 19.7. The van der Waals surface area contributed by atoms with Gasteiger partial charge in [-0.15, -0.1) is 0 Å². The van der Waals surface area contributed by atoms with E-state index in [0.717, 1.165) is 58.5 Å². The molecule has 0 unspecified atom stereocenters. The minimum absolute atomic E-state index is 0.000540. The maximum atomic E-state index is 12.3. The van der Waals surface area contributed by atoms with Crippen molar-refractivity contribution in [3.8, 4) is 0 Å². The Hall–Kier alpha value is -1.59. The van der Waals surface area contributed by atoms with Crippen molar-refractivity contribution in [2.75, 3.05) is 58.3 Å². The summed E-state index contributed by atoms with van der Waals surface area (Å²) in [6, 6.07) is 10.6. The lowest BCUT2D eigenvalue weighted by molar-refractivity contribution is -0.125. The molecule has 0 radical (unpaired) electrons. The molecule has 140 valence electrons. The summed E-state index contributed by atoms with van der Waals surface area (Å²) in [4.78, 5) is 19.2. The van der Waals surface area contributed by atoms with E-state index in [-0.39, 0.29) is 11.9 Å². The summed E-state index contributed by atoms with van der Waals surface area (Å²) < 4.78 is 0. The summed E-state index contributed by atoms with van der Waals surface area (Å²) in [5, 5.41) is 3.11. The van der Waals surface area contributed by atoms with Gasteiger partial charge in [-0.3, -0.25) is 14.6 Å². The van der Waals surface area contributed by atoms with Gasteiger partial charge in [0.1, 0.15) is 0 Å². The van der Waals surface area contributed by atoms with Crippen LogP contribution in [0.1, 0.15) is 26.2 Å². The third-order valence-electron chi connectivity index (χ3n) is 4.93. The fourth-order valence-corrected chi connectivity index (χ4v) is 3.40. The minimum atomic E-state index is -0.000540. The summed E-state index contributed by atoms with van der Waals surface area (Å²) in [6.07, 6.45) is 2.96. The number of amides is 1. The molecular formula is C20H34N4O. The molecule has 25 heavy (non-hydrogen) atoms. The normalized spacial score (nSPS) is 16.9. The summed E-state index contributed by atoms with van der Waals surface area (Å²) in [6.45, 7) is 8.30. The van der Waals surface area contributed by atoms with E-state index in [1.807, 2.05) is 19.0 Å². The van der Waals surface area contributed by atoms with Gasteiger partial charge in [0.25, 0.3) is 0 Å². The van der Waals surface area contributed by atoms with Crippen molar-refractivity contribution in [2.45, 2.75) is 32.2 Å². The summed E-state index contributed by atoms with van der Waals surface area (Å²) in [5.74, 6) is 0.167. The molecule has 0 aromatic heterocycles. The van der Waals surface area contributed by atoms with Crippen molar-refractivity contribution in [1.29, 1.82) is 0 Å². The van der Waals surface area contributed by atoms with Crippen molar-refractivity contribution >= 4 is 11.6 Å². The van der Waals surface area contributed by atoms with E-state index in [4.69, 9.17) is 0 Å². The van der Waals surface area contributed by atoms with E-state index in [9.17, 15) is 4.79 Å². The quantitative estimate of drug-likeness (QED) is 0.695. The van der Waals surface area contributed by atoms with Gasteiger partial charge < -0.3 is 10.2 Å². The van der Waals surface area contributed by atoms with Gasteiger partial charge in [-0.2, -0.15) is 0 Å². The van der Waals surface area contributed by atoms with Gasteiger partial charge in [-0.05, 0) is 45.6 Å². The SMILES string of the molecule is CCC[C@H](C(=O)NCCCN1CCN(c2ccccc2)CC1)N(C)C. The Morgan fingerprint density at radius 1 is 1.16 bits per heavy atom. The molecule has 1 N–H and O–H groups in total. The Balaban J connectivity index is 1.62. The monoisotopic (exact) mass is 346 g/mol. The number of nitrogens with one attached hydrogen (secondary N) is 1. The topological polar surface area (TPSA) is 38.8 Å². The second kappa shape index (κ2) is 10.4. The number of anilines is 1. The average Bonchev–Trinajstić information content (AvgIpc) is 2.64. The first-order valence-electron chi connectivity index (χ1n) is 9.58. The number of carbonyl (C=O) groups excluding carboxylic acids is 1. The average molecular weight is 347 g/mol. The lowest BCUT2D eigenvalue weighted by Crippen LogP contribution is -2.47. The molecule has 0 spiro atoms. The lowest BCUT2D eigenvalue weighted by atomic mass is 10.1. The molecule has 2 rings (SSSR count). The predicted molar refractivity (Wildman–Crippen MR) is 105 cm³/mol. The van der Waals surface area contributed by atoms with Crippen LogP contribution >= 0.6 is 0 Å². The Morgan fingerprint density at radius 2 is 1.84 bits per heavy atom.